The SMILES string of the molecule is Ic1cnc(Nc2cccc(Oc3ccccc3)c2)nc1. The van der Waals surface area contributed by atoms with E-state index in [1.165, 1.54) is 0 Å². The van der Waals surface area contributed by atoms with Gasteiger partial charge >= 0.3 is 0 Å². The van der Waals surface area contributed by atoms with Crippen molar-refractivity contribution in [3.05, 3.63) is 70.6 Å². The van der Waals surface area contributed by atoms with Gasteiger partial charge < -0.3 is 10.1 Å². The van der Waals surface area contributed by atoms with Crippen LogP contribution in [0.4, 0.5) is 11.6 Å². The fraction of sp³-hybridized carbons (Fsp3) is 0. The first-order valence-corrected chi connectivity index (χ1v) is 7.45. The van der Waals surface area contributed by atoms with Crippen LogP contribution in [0.25, 0.3) is 0 Å². The van der Waals surface area contributed by atoms with Crippen LogP contribution in [-0.4, -0.2) is 9.97 Å². The topological polar surface area (TPSA) is 47.0 Å². The molecule has 0 unspecified atom stereocenters. The zero-order valence-electron chi connectivity index (χ0n) is 11.0. The van der Waals surface area contributed by atoms with Crippen molar-refractivity contribution >= 4 is 34.2 Å². The van der Waals surface area contributed by atoms with Crippen LogP contribution in [0.15, 0.2) is 67.0 Å². The van der Waals surface area contributed by atoms with Crippen molar-refractivity contribution < 1.29 is 4.74 Å². The largest absolute Gasteiger partial charge is 0.457 e. The van der Waals surface area contributed by atoms with Gasteiger partial charge in [0, 0.05) is 27.7 Å². The normalized spacial score (nSPS) is 10.1. The molecular formula is C16H12IN3O. The van der Waals surface area contributed by atoms with Crippen LogP contribution in [0.5, 0.6) is 11.5 Å². The van der Waals surface area contributed by atoms with E-state index in [0.29, 0.717) is 5.95 Å². The minimum absolute atomic E-state index is 0.562. The molecule has 104 valence electrons. The van der Waals surface area contributed by atoms with Gasteiger partial charge in [-0.15, -0.1) is 0 Å². The van der Waals surface area contributed by atoms with Gasteiger partial charge in [-0.2, -0.15) is 0 Å². The predicted octanol–water partition coefficient (Wildman–Crippen LogP) is 4.62. The number of hydrogen-bond donors (Lipinski definition) is 1. The quantitative estimate of drug-likeness (QED) is 0.662. The fourth-order valence-corrected chi connectivity index (χ4v) is 2.05. The highest BCUT2D eigenvalue weighted by molar-refractivity contribution is 14.1. The molecule has 1 heterocycles. The van der Waals surface area contributed by atoms with Gasteiger partial charge in [-0.3, -0.25) is 0 Å². The van der Waals surface area contributed by atoms with Crippen LogP contribution in [0, 0.1) is 3.57 Å². The summed E-state index contributed by atoms with van der Waals surface area (Å²) < 4.78 is 6.79. The van der Waals surface area contributed by atoms with Crippen LogP contribution in [0.2, 0.25) is 0 Å². The molecule has 1 aromatic heterocycles. The molecule has 0 atom stereocenters. The molecular weight excluding hydrogens is 377 g/mol. The van der Waals surface area contributed by atoms with Crippen LogP contribution in [-0.2, 0) is 0 Å². The van der Waals surface area contributed by atoms with E-state index in [4.69, 9.17) is 4.74 Å². The summed E-state index contributed by atoms with van der Waals surface area (Å²) in [5.41, 5.74) is 0.879. The third-order valence-corrected chi connectivity index (χ3v) is 3.25. The Bertz CT molecular complexity index is 717. The number of hydrogen-bond acceptors (Lipinski definition) is 4. The molecule has 4 nitrogen and oxygen atoms in total. The molecule has 0 bridgehead atoms. The summed E-state index contributed by atoms with van der Waals surface area (Å²) in [7, 11) is 0. The lowest BCUT2D eigenvalue weighted by Gasteiger charge is -2.08. The molecule has 0 aliphatic heterocycles. The maximum Gasteiger partial charge on any atom is 0.227 e. The number of para-hydroxylation sites is 1. The van der Waals surface area contributed by atoms with Gasteiger partial charge in [0.25, 0.3) is 0 Å². The van der Waals surface area contributed by atoms with Crippen molar-refractivity contribution in [1.82, 2.24) is 9.97 Å². The number of benzene rings is 2. The van der Waals surface area contributed by atoms with E-state index in [-0.39, 0.29) is 0 Å². The average Bonchev–Trinajstić information content (AvgIpc) is 2.51. The number of nitrogens with zero attached hydrogens (tertiary/aromatic N) is 2. The fourth-order valence-electron chi connectivity index (χ4n) is 1.77. The third kappa shape index (κ3) is 3.91. The smallest absolute Gasteiger partial charge is 0.227 e. The van der Waals surface area contributed by atoms with E-state index < -0.39 is 0 Å². The first-order valence-electron chi connectivity index (χ1n) is 6.37. The van der Waals surface area contributed by atoms with E-state index in [9.17, 15) is 0 Å². The Labute approximate surface area is 136 Å². The van der Waals surface area contributed by atoms with Crippen molar-refractivity contribution in [1.29, 1.82) is 0 Å². The molecule has 0 saturated carbocycles. The second-order valence-electron chi connectivity index (χ2n) is 4.29. The van der Waals surface area contributed by atoms with Crippen molar-refractivity contribution in [3.8, 4) is 11.5 Å². The molecule has 0 radical (unpaired) electrons. The summed E-state index contributed by atoms with van der Waals surface area (Å²) in [4.78, 5) is 8.43. The van der Waals surface area contributed by atoms with Crippen LogP contribution < -0.4 is 10.1 Å². The van der Waals surface area contributed by atoms with E-state index >= 15 is 0 Å². The van der Waals surface area contributed by atoms with Gasteiger partial charge in [-0.05, 0) is 46.9 Å². The molecule has 0 aliphatic carbocycles. The summed E-state index contributed by atoms with van der Waals surface area (Å²) in [5, 5.41) is 3.15. The Balaban J connectivity index is 1.75. The Hall–Kier alpha value is -2.15. The standard InChI is InChI=1S/C16H12IN3O/c17-12-10-18-16(19-11-12)20-13-5-4-8-15(9-13)21-14-6-2-1-3-7-14/h1-11H,(H,18,19,20). The number of halogens is 1. The van der Waals surface area contributed by atoms with E-state index in [0.717, 1.165) is 20.8 Å². The molecule has 1 N–H and O–H groups in total. The van der Waals surface area contributed by atoms with Crippen LogP contribution >= 0.6 is 22.6 Å². The third-order valence-electron chi connectivity index (χ3n) is 2.69. The molecule has 3 aromatic rings. The Kier molecular flexibility index (Phi) is 4.30. The summed E-state index contributed by atoms with van der Waals surface area (Å²) in [6.45, 7) is 0. The highest BCUT2D eigenvalue weighted by Crippen LogP contribution is 2.24. The lowest BCUT2D eigenvalue weighted by Crippen LogP contribution is -1.96. The summed E-state index contributed by atoms with van der Waals surface area (Å²) in [5.74, 6) is 2.13. The Morgan fingerprint density at radius 3 is 2.33 bits per heavy atom. The second-order valence-corrected chi connectivity index (χ2v) is 5.54. The number of aromatic nitrogens is 2. The molecule has 0 saturated heterocycles. The zero-order valence-corrected chi connectivity index (χ0v) is 13.2. The van der Waals surface area contributed by atoms with Crippen molar-refractivity contribution in [2.24, 2.45) is 0 Å². The predicted molar refractivity (Wildman–Crippen MR) is 91.0 cm³/mol. The number of ether oxygens (including phenoxy) is 1. The zero-order chi connectivity index (χ0) is 14.5. The molecule has 0 spiro atoms. The summed E-state index contributed by atoms with van der Waals surface area (Å²) >= 11 is 2.17. The van der Waals surface area contributed by atoms with Crippen molar-refractivity contribution in [3.63, 3.8) is 0 Å². The van der Waals surface area contributed by atoms with Gasteiger partial charge in [0.15, 0.2) is 0 Å². The highest BCUT2D eigenvalue weighted by atomic mass is 127. The van der Waals surface area contributed by atoms with E-state index in [2.05, 4.69) is 37.9 Å². The summed E-state index contributed by atoms with van der Waals surface area (Å²) in [6.07, 6.45) is 3.53. The Morgan fingerprint density at radius 1 is 0.857 bits per heavy atom. The first kappa shape index (κ1) is 13.8. The second kappa shape index (κ2) is 6.53. The molecule has 0 aliphatic rings. The van der Waals surface area contributed by atoms with Crippen LogP contribution in [0.1, 0.15) is 0 Å². The Morgan fingerprint density at radius 2 is 1.57 bits per heavy atom. The molecule has 2 aromatic carbocycles. The van der Waals surface area contributed by atoms with Gasteiger partial charge in [-0.1, -0.05) is 24.3 Å². The van der Waals surface area contributed by atoms with Gasteiger partial charge in [0.05, 0.1) is 0 Å². The highest BCUT2D eigenvalue weighted by Gasteiger charge is 2.01. The molecule has 21 heavy (non-hydrogen) atoms. The monoisotopic (exact) mass is 389 g/mol. The van der Waals surface area contributed by atoms with Crippen LogP contribution in [0.3, 0.4) is 0 Å². The molecule has 0 fully saturated rings. The van der Waals surface area contributed by atoms with E-state index in [1.807, 2.05) is 54.6 Å². The van der Waals surface area contributed by atoms with E-state index in [1.54, 1.807) is 12.4 Å². The molecule has 0 amide bonds. The lowest BCUT2D eigenvalue weighted by atomic mass is 10.3. The minimum Gasteiger partial charge on any atom is -0.457 e. The van der Waals surface area contributed by atoms with Crippen molar-refractivity contribution in [2.45, 2.75) is 0 Å². The number of rotatable bonds is 4. The van der Waals surface area contributed by atoms with Crippen molar-refractivity contribution in [2.75, 3.05) is 5.32 Å². The maximum absolute atomic E-state index is 5.79. The first-order chi connectivity index (χ1) is 10.3. The maximum atomic E-state index is 5.79. The van der Waals surface area contributed by atoms with Gasteiger partial charge in [0.2, 0.25) is 5.95 Å². The minimum atomic E-state index is 0.562. The lowest BCUT2D eigenvalue weighted by molar-refractivity contribution is 0.483. The summed E-state index contributed by atoms with van der Waals surface area (Å²) in [6, 6.07) is 17.4. The average molecular weight is 389 g/mol. The van der Waals surface area contributed by atoms with Gasteiger partial charge in [-0.25, -0.2) is 9.97 Å². The molecule has 5 heteroatoms. The van der Waals surface area contributed by atoms with Gasteiger partial charge in [0.1, 0.15) is 11.5 Å². The number of anilines is 2. The molecule has 3 rings (SSSR count). The number of nitrogens with one attached hydrogen (secondary N) is 1.